The molecule has 0 aliphatic carbocycles. The lowest BCUT2D eigenvalue weighted by atomic mass is 10.0. The molecule has 0 amide bonds. The van der Waals surface area contributed by atoms with E-state index in [9.17, 15) is 0 Å². The largest absolute Gasteiger partial charge is 0.146 e. The van der Waals surface area contributed by atoms with Gasteiger partial charge < -0.3 is 0 Å². The van der Waals surface area contributed by atoms with Crippen LogP contribution in [0.1, 0.15) is 15.8 Å². The summed E-state index contributed by atoms with van der Waals surface area (Å²) < 4.78 is 1.08. The van der Waals surface area contributed by atoms with Gasteiger partial charge in [-0.3, -0.25) is 0 Å². The number of fused-ring (bicyclic) bond motifs is 1. The van der Waals surface area contributed by atoms with Gasteiger partial charge in [0.25, 0.3) is 0 Å². The van der Waals surface area contributed by atoms with Crippen molar-refractivity contribution in [3.8, 4) is 0 Å². The van der Waals surface area contributed by atoms with E-state index in [-0.39, 0.29) is 5.38 Å². The highest BCUT2D eigenvalue weighted by molar-refractivity contribution is 9.10. The van der Waals surface area contributed by atoms with Gasteiger partial charge in [0.05, 0.1) is 5.38 Å². The molecule has 0 fully saturated rings. The Balaban J connectivity index is 2.07. The second-order valence-electron chi connectivity index (χ2n) is 4.10. The number of alkyl halides is 1. The first-order valence-electron chi connectivity index (χ1n) is 5.61. The fourth-order valence-electron chi connectivity index (χ4n) is 2.00. The molecule has 0 saturated carbocycles. The first-order valence-corrected chi connectivity index (χ1v) is 7.72. The standard InChI is InChI=1S/C15H10BrClS/c16-13-7-8-18-15(13)14(17)12-6-5-10-3-1-2-4-11(10)9-12/h1-9,14H. The van der Waals surface area contributed by atoms with Crippen molar-refractivity contribution >= 4 is 49.6 Å². The van der Waals surface area contributed by atoms with Crippen LogP contribution < -0.4 is 0 Å². The molecule has 90 valence electrons. The summed E-state index contributed by atoms with van der Waals surface area (Å²) in [4.78, 5) is 1.16. The van der Waals surface area contributed by atoms with Gasteiger partial charge in [-0.15, -0.1) is 22.9 Å². The zero-order valence-electron chi connectivity index (χ0n) is 9.44. The molecular formula is C15H10BrClS. The van der Waals surface area contributed by atoms with E-state index in [0.29, 0.717) is 0 Å². The van der Waals surface area contributed by atoms with Gasteiger partial charge in [-0.05, 0) is 49.8 Å². The van der Waals surface area contributed by atoms with Crippen LogP contribution in [0.3, 0.4) is 0 Å². The number of rotatable bonds is 2. The normalized spacial score (nSPS) is 12.8. The van der Waals surface area contributed by atoms with Crippen LogP contribution in [0.15, 0.2) is 58.4 Å². The fourth-order valence-corrected chi connectivity index (χ4v) is 4.15. The number of hydrogen-bond donors (Lipinski definition) is 0. The van der Waals surface area contributed by atoms with Crippen LogP contribution >= 0.6 is 38.9 Å². The van der Waals surface area contributed by atoms with Gasteiger partial charge >= 0.3 is 0 Å². The van der Waals surface area contributed by atoms with Crippen LogP contribution in [0.25, 0.3) is 10.8 Å². The van der Waals surface area contributed by atoms with Gasteiger partial charge in [-0.25, -0.2) is 0 Å². The van der Waals surface area contributed by atoms with E-state index < -0.39 is 0 Å². The number of benzene rings is 2. The van der Waals surface area contributed by atoms with Gasteiger partial charge in [0, 0.05) is 9.35 Å². The maximum Gasteiger partial charge on any atom is 0.0939 e. The summed E-state index contributed by atoms with van der Waals surface area (Å²) >= 11 is 11.8. The SMILES string of the molecule is ClC(c1ccc2ccccc2c1)c1sccc1Br. The Hall–Kier alpha value is -0.830. The molecule has 1 atom stereocenters. The van der Waals surface area contributed by atoms with Crippen molar-refractivity contribution in [3.63, 3.8) is 0 Å². The first kappa shape index (κ1) is 12.2. The molecule has 0 aliphatic heterocycles. The monoisotopic (exact) mass is 336 g/mol. The van der Waals surface area contributed by atoms with Crippen LogP contribution in [0.5, 0.6) is 0 Å². The van der Waals surface area contributed by atoms with Gasteiger partial charge in [-0.2, -0.15) is 0 Å². The third kappa shape index (κ3) is 2.20. The third-order valence-electron chi connectivity index (χ3n) is 2.94. The Morgan fingerprint density at radius 3 is 2.50 bits per heavy atom. The second kappa shape index (κ2) is 5.04. The minimum absolute atomic E-state index is 0.0935. The van der Waals surface area contributed by atoms with Crippen molar-refractivity contribution in [2.24, 2.45) is 0 Å². The Labute approximate surface area is 123 Å². The topological polar surface area (TPSA) is 0 Å². The van der Waals surface area contributed by atoms with Crippen molar-refractivity contribution in [3.05, 3.63) is 68.8 Å². The molecule has 3 aromatic rings. The molecule has 0 spiro atoms. The molecule has 18 heavy (non-hydrogen) atoms. The molecule has 3 rings (SSSR count). The molecular weight excluding hydrogens is 328 g/mol. The summed E-state index contributed by atoms with van der Waals surface area (Å²) in [6, 6.07) is 16.8. The van der Waals surface area contributed by atoms with Crippen LogP contribution in [-0.4, -0.2) is 0 Å². The van der Waals surface area contributed by atoms with E-state index >= 15 is 0 Å². The highest BCUT2D eigenvalue weighted by Crippen LogP contribution is 2.38. The Morgan fingerprint density at radius 1 is 1.00 bits per heavy atom. The average Bonchev–Trinajstić information content (AvgIpc) is 2.83. The minimum Gasteiger partial charge on any atom is -0.146 e. The van der Waals surface area contributed by atoms with Gasteiger partial charge in [0.2, 0.25) is 0 Å². The summed E-state index contributed by atoms with van der Waals surface area (Å²) in [7, 11) is 0. The van der Waals surface area contributed by atoms with E-state index in [1.807, 2.05) is 6.07 Å². The molecule has 1 aromatic heterocycles. The lowest BCUT2D eigenvalue weighted by Gasteiger charge is -2.10. The van der Waals surface area contributed by atoms with Crippen LogP contribution in [-0.2, 0) is 0 Å². The summed E-state index contributed by atoms with van der Waals surface area (Å²) in [6.45, 7) is 0. The Morgan fingerprint density at radius 2 is 1.78 bits per heavy atom. The second-order valence-corrected chi connectivity index (χ2v) is 6.34. The Bertz CT molecular complexity index is 690. The van der Waals surface area contributed by atoms with E-state index in [4.69, 9.17) is 11.6 Å². The molecule has 0 radical (unpaired) electrons. The fraction of sp³-hybridized carbons (Fsp3) is 0.0667. The lowest BCUT2D eigenvalue weighted by molar-refractivity contribution is 1.18. The van der Waals surface area contributed by atoms with E-state index in [1.165, 1.54) is 10.8 Å². The molecule has 2 aromatic carbocycles. The molecule has 0 N–H and O–H groups in total. The minimum atomic E-state index is -0.0935. The highest BCUT2D eigenvalue weighted by atomic mass is 79.9. The zero-order chi connectivity index (χ0) is 12.5. The molecule has 0 bridgehead atoms. The first-order chi connectivity index (χ1) is 8.75. The lowest BCUT2D eigenvalue weighted by Crippen LogP contribution is -1.91. The van der Waals surface area contributed by atoms with Crippen molar-refractivity contribution in [2.75, 3.05) is 0 Å². The molecule has 1 heterocycles. The van der Waals surface area contributed by atoms with Crippen LogP contribution in [0.2, 0.25) is 0 Å². The zero-order valence-corrected chi connectivity index (χ0v) is 12.6. The van der Waals surface area contributed by atoms with Crippen molar-refractivity contribution < 1.29 is 0 Å². The summed E-state index contributed by atoms with van der Waals surface area (Å²) in [6.07, 6.45) is 0. The number of thiophene rings is 1. The predicted molar refractivity (Wildman–Crippen MR) is 83.7 cm³/mol. The predicted octanol–water partition coefficient (Wildman–Crippen LogP) is 5.99. The summed E-state index contributed by atoms with van der Waals surface area (Å²) in [5, 5.41) is 4.43. The molecule has 0 saturated heterocycles. The van der Waals surface area contributed by atoms with Gasteiger partial charge in [0.1, 0.15) is 0 Å². The van der Waals surface area contributed by atoms with Gasteiger partial charge in [0.15, 0.2) is 0 Å². The maximum atomic E-state index is 6.56. The highest BCUT2D eigenvalue weighted by Gasteiger charge is 2.15. The molecule has 3 heteroatoms. The third-order valence-corrected chi connectivity index (χ3v) is 5.48. The summed E-state index contributed by atoms with van der Waals surface area (Å²) in [5.41, 5.74) is 1.14. The van der Waals surface area contributed by atoms with Gasteiger partial charge in [-0.1, -0.05) is 36.4 Å². The van der Waals surface area contributed by atoms with E-state index in [2.05, 4.69) is 63.8 Å². The summed E-state index contributed by atoms with van der Waals surface area (Å²) in [5.74, 6) is 0. The van der Waals surface area contributed by atoms with E-state index in [1.54, 1.807) is 11.3 Å². The quantitative estimate of drug-likeness (QED) is 0.504. The number of hydrogen-bond acceptors (Lipinski definition) is 1. The average molecular weight is 338 g/mol. The number of halogens is 2. The molecule has 0 nitrogen and oxygen atoms in total. The smallest absolute Gasteiger partial charge is 0.0939 e. The maximum absolute atomic E-state index is 6.56. The Kier molecular flexibility index (Phi) is 3.42. The van der Waals surface area contributed by atoms with Crippen molar-refractivity contribution in [2.45, 2.75) is 5.38 Å². The van der Waals surface area contributed by atoms with Crippen LogP contribution in [0, 0.1) is 0 Å². The molecule has 0 aliphatic rings. The molecule has 1 unspecified atom stereocenters. The van der Waals surface area contributed by atoms with Crippen molar-refractivity contribution in [1.29, 1.82) is 0 Å². The van der Waals surface area contributed by atoms with Crippen molar-refractivity contribution in [1.82, 2.24) is 0 Å². The van der Waals surface area contributed by atoms with E-state index in [0.717, 1.165) is 14.9 Å². The van der Waals surface area contributed by atoms with Crippen LogP contribution in [0.4, 0.5) is 0 Å².